The molecule has 0 aliphatic carbocycles. The Labute approximate surface area is 205 Å². The molecule has 0 radical (unpaired) electrons. The molecular weight excluding hydrogens is 480 g/mol. The van der Waals surface area contributed by atoms with E-state index in [9.17, 15) is 13.6 Å². The van der Waals surface area contributed by atoms with Crippen molar-refractivity contribution >= 4 is 45.6 Å². The lowest BCUT2D eigenvalue weighted by Crippen LogP contribution is -2.19. The van der Waals surface area contributed by atoms with Crippen LogP contribution >= 0.6 is 11.6 Å². The molecule has 1 aromatic heterocycles. The third-order valence-corrected chi connectivity index (χ3v) is 5.49. The molecular formula is C24H24ClF2N5O3. The molecule has 2 aromatic carbocycles. The zero-order valence-electron chi connectivity index (χ0n) is 19.1. The number of hydrogen-bond donors (Lipinski definition) is 2. The predicted octanol–water partition coefficient (Wildman–Crippen LogP) is 4.69. The van der Waals surface area contributed by atoms with Gasteiger partial charge in [-0.3, -0.25) is 4.79 Å². The van der Waals surface area contributed by atoms with E-state index in [1.54, 1.807) is 31.1 Å². The summed E-state index contributed by atoms with van der Waals surface area (Å²) in [5.74, 6) is -1.66. The minimum atomic E-state index is -0.919. The van der Waals surface area contributed by atoms with Crippen LogP contribution in [-0.2, 0) is 9.53 Å². The van der Waals surface area contributed by atoms with Gasteiger partial charge in [0.15, 0.2) is 5.83 Å². The number of nitrogens with one attached hydrogen (secondary N) is 2. The largest absolute Gasteiger partial charge is 0.486 e. The summed E-state index contributed by atoms with van der Waals surface area (Å²) in [4.78, 5) is 22.8. The lowest BCUT2D eigenvalue weighted by Gasteiger charge is -2.18. The minimum absolute atomic E-state index is 0.0456. The van der Waals surface area contributed by atoms with Crippen LogP contribution in [0, 0.1) is 5.82 Å². The van der Waals surface area contributed by atoms with Crippen molar-refractivity contribution in [2.24, 2.45) is 0 Å². The van der Waals surface area contributed by atoms with E-state index < -0.39 is 17.6 Å². The third-order valence-electron chi connectivity index (χ3n) is 5.20. The lowest BCUT2D eigenvalue weighted by atomic mass is 10.1. The molecule has 35 heavy (non-hydrogen) atoms. The summed E-state index contributed by atoms with van der Waals surface area (Å²) < 4.78 is 39.4. The normalized spacial score (nSPS) is 16.1. The van der Waals surface area contributed by atoms with Gasteiger partial charge < -0.3 is 25.0 Å². The second-order valence-corrected chi connectivity index (χ2v) is 8.62. The molecule has 2 heterocycles. The molecule has 1 amide bonds. The highest BCUT2D eigenvalue weighted by atomic mass is 35.5. The smallest absolute Gasteiger partial charge is 0.284 e. The van der Waals surface area contributed by atoms with E-state index in [1.807, 2.05) is 0 Å². The monoisotopic (exact) mass is 503 g/mol. The highest BCUT2D eigenvalue weighted by Crippen LogP contribution is 2.35. The molecule has 0 spiro atoms. The van der Waals surface area contributed by atoms with Crippen molar-refractivity contribution in [3.05, 3.63) is 59.4 Å². The first kappa shape index (κ1) is 24.8. The molecule has 3 aromatic rings. The standard InChI is InChI=1S/C24H24ClF2N5O3/c1-32(2)7-5-19(27)24(33)31-21-10-16-20(11-22(21)35-15-6-8-34-12-15)28-13-29-23(16)30-14-3-4-18(26)17(25)9-14/h3-5,9-11,13,15H,6-8,12H2,1-2H3,(H,31,33)(H,28,29,30)/b19-5+/t15-/m0/s1. The molecule has 4 rings (SSSR count). The van der Waals surface area contributed by atoms with Gasteiger partial charge in [0.25, 0.3) is 5.91 Å². The summed E-state index contributed by atoms with van der Waals surface area (Å²) in [6.07, 6.45) is 3.03. The second-order valence-electron chi connectivity index (χ2n) is 8.21. The van der Waals surface area contributed by atoms with Crippen molar-refractivity contribution in [1.29, 1.82) is 0 Å². The minimum Gasteiger partial charge on any atom is -0.486 e. The van der Waals surface area contributed by atoms with Gasteiger partial charge in [0.2, 0.25) is 0 Å². The van der Waals surface area contributed by atoms with E-state index in [2.05, 4.69) is 20.6 Å². The van der Waals surface area contributed by atoms with Crippen LogP contribution in [0.5, 0.6) is 5.75 Å². The van der Waals surface area contributed by atoms with Gasteiger partial charge in [-0.1, -0.05) is 11.6 Å². The summed E-state index contributed by atoms with van der Waals surface area (Å²) >= 11 is 5.89. The second kappa shape index (κ2) is 10.9. The van der Waals surface area contributed by atoms with Crippen molar-refractivity contribution in [2.45, 2.75) is 12.5 Å². The van der Waals surface area contributed by atoms with Crippen LogP contribution in [-0.4, -0.2) is 60.7 Å². The Kier molecular flexibility index (Phi) is 7.74. The Morgan fingerprint density at radius 1 is 1.31 bits per heavy atom. The molecule has 0 saturated carbocycles. The highest BCUT2D eigenvalue weighted by molar-refractivity contribution is 6.31. The number of benzene rings is 2. The van der Waals surface area contributed by atoms with Crippen LogP contribution in [0.2, 0.25) is 5.02 Å². The van der Waals surface area contributed by atoms with E-state index in [4.69, 9.17) is 21.1 Å². The van der Waals surface area contributed by atoms with Gasteiger partial charge in [-0.2, -0.15) is 0 Å². The molecule has 1 saturated heterocycles. The zero-order valence-corrected chi connectivity index (χ0v) is 19.9. The SMILES string of the molecule is CN(C)C/C=C(/F)C(=O)Nc1cc2c(Nc3ccc(F)c(Cl)c3)ncnc2cc1O[C@H]1CCOC1. The molecule has 11 heteroatoms. The number of likely N-dealkylation sites (N-methyl/N-ethyl adjacent to an activating group) is 1. The summed E-state index contributed by atoms with van der Waals surface area (Å²) in [5.41, 5.74) is 1.27. The Hall–Kier alpha value is -3.34. The summed E-state index contributed by atoms with van der Waals surface area (Å²) in [5, 5.41) is 6.14. The Morgan fingerprint density at radius 3 is 2.86 bits per heavy atom. The molecule has 8 nitrogen and oxygen atoms in total. The third kappa shape index (κ3) is 6.21. The van der Waals surface area contributed by atoms with Crippen molar-refractivity contribution in [3.8, 4) is 5.75 Å². The zero-order chi connectivity index (χ0) is 24.9. The quantitative estimate of drug-likeness (QED) is 0.431. The first-order chi connectivity index (χ1) is 16.8. The fourth-order valence-electron chi connectivity index (χ4n) is 3.41. The number of carbonyl (C=O) groups is 1. The van der Waals surface area contributed by atoms with Crippen molar-refractivity contribution < 1.29 is 23.0 Å². The molecule has 184 valence electrons. The topological polar surface area (TPSA) is 88.6 Å². The summed E-state index contributed by atoms with van der Waals surface area (Å²) in [7, 11) is 3.53. The van der Waals surface area contributed by atoms with E-state index in [0.29, 0.717) is 47.8 Å². The average molecular weight is 504 g/mol. The molecule has 1 aliphatic rings. The van der Waals surface area contributed by atoms with E-state index in [0.717, 1.165) is 0 Å². The lowest BCUT2D eigenvalue weighted by molar-refractivity contribution is -0.114. The maximum absolute atomic E-state index is 14.4. The maximum atomic E-state index is 14.4. The van der Waals surface area contributed by atoms with Crippen LogP contribution in [0.1, 0.15) is 6.42 Å². The number of amides is 1. The Morgan fingerprint density at radius 2 is 2.14 bits per heavy atom. The van der Waals surface area contributed by atoms with E-state index >= 15 is 0 Å². The number of hydrogen-bond acceptors (Lipinski definition) is 7. The van der Waals surface area contributed by atoms with Gasteiger partial charge in [0.05, 0.1) is 29.4 Å². The number of fused-ring (bicyclic) bond motifs is 1. The van der Waals surface area contributed by atoms with Crippen LogP contribution < -0.4 is 15.4 Å². The number of rotatable bonds is 8. The molecule has 0 bridgehead atoms. The molecule has 1 aliphatic heterocycles. The Bertz CT molecular complexity index is 1270. The summed E-state index contributed by atoms with van der Waals surface area (Å²) in [6.45, 7) is 1.24. The number of nitrogens with zero attached hydrogens (tertiary/aromatic N) is 3. The number of ether oxygens (including phenoxy) is 2. The fraction of sp³-hybridized carbons (Fsp3) is 0.292. The number of aromatic nitrogens is 2. The average Bonchev–Trinajstić information content (AvgIpc) is 3.33. The van der Waals surface area contributed by atoms with Gasteiger partial charge in [-0.15, -0.1) is 0 Å². The van der Waals surface area contributed by atoms with Crippen LogP contribution in [0.25, 0.3) is 10.9 Å². The van der Waals surface area contributed by atoms with Crippen molar-refractivity contribution in [3.63, 3.8) is 0 Å². The van der Waals surface area contributed by atoms with Gasteiger partial charge >= 0.3 is 0 Å². The molecule has 2 N–H and O–H groups in total. The Balaban J connectivity index is 1.70. The molecule has 1 atom stereocenters. The number of carbonyl (C=O) groups excluding carboxylic acids is 1. The highest BCUT2D eigenvalue weighted by Gasteiger charge is 2.22. The van der Waals surface area contributed by atoms with Gasteiger partial charge in [0, 0.05) is 30.1 Å². The fourth-order valence-corrected chi connectivity index (χ4v) is 3.59. The van der Waals surface area contributed by atoms with E-state index in [-0.39, 0.29) is 23.4 Å². The van der Waals surface area contributed by atoms with E-state index in [1.165, 1.54) is 30.6 Å². The summed E-state index contributed by atoms with van der Waals surface area (Å²) in [6, 6.07) is 7.43. The molecule has 1 fully saturated rings. The number of anilines is 3. The number of halogens is 3. The van der Waals surface area contributed by atoms with Crippen LogP contribution in [0.4, 0.5) is 26.0 Å². The van der Waals surface area contributed by atoms with Crippen molar-refractivity contribution in [2.75, 3.05) is 44.5 Å². The van der Waals surface area contributed by atoms with Crippen molar-refractivity contribution in [1.82, 2.24) is 14.9 Å². The first-order valence-electron chi connectivity index (χ1n) is 10.9. The van der Waals surface area contributed by atoms with Crippen LogP contribution in [0.3, 0.4) is 0 Å². The predicted molar refractivity (Wildman–Crippen MR) is 130 cm³/mol. The maximum Gasteiger partial charge on any atom is 0.284 e. The molecule has 0 unspecified atom stereocenters. The van der Waals surface area contributed by atoms with Gasteiger partial charge in [-0.25, -0.2) is 18.7 Å². The van der Waals surface area contributed by atoms with Gasteiger partial charge in [0.1, 0.15) is 29.8 Å². The van der Waals surface area contributed by atoms with Gasteiger partial charge in [-0.05, 0) is 44.4 Å². The first-order valence-corrected chi connectivity index (χ1v) is 11.2. The van der Waals surface area contributed by atoms with Crippen LogP contribution in [0.15, 0.2) is 48.6 Å².